The summed E-state index contributed by atoms with van der Waals surface area (Å²) in [7, 11) is 0. The van der Waals surface area contributed by atoms with Gasteiger partial charge in [-0.3, -0.25) is 9.80 Å². The van der Waals surface area contributed by atoms with Crippen LogP contribution >= 0.6 is 0 Å². The van der Waals surface area contributed by atoms with Crippen molar-refractivity contribution < 1.29 is 9.47 Å². The van der Waals surface area contributed by atoms with Gasteiger partial charge in [0.2, 0.25) is 0 Å². The summed E-state index contributed by atoms with van der Waals surface area (Å²) in [6, 6.07) is 0. The maximum Gasteiger partial charge on any atom is 0.107 e. The van der Waals surface area contributed by atoms with Crippen LogP contribution in [0.2, 0.25) is 0 Å². The highest BCUT2D eigenvalue weighted by Crippen LogP contribution is 2.06. The zero-order valence-electron chi connectivity index (χ0n) is 15.9. The van der Waals surface area contributed by atoms with Crippen LogP contribution in [0.15, 0.2) is 0 Å². The Morgan fingerprint density at radius 2 is 0.864 bits per heavy atom. The lowest BCUT2D eigenvalue weighted by Gasteiger charge is -2.30. The first-order valence-electron chi connectivity index (χ1n) is 9.31. The van der Waals surface area contributed by atoms with Gasteiger partial charge < -0.3 is 9.47 Å². The highest BCUT2D eigenvalue weighted by atomic mass is 16.5. The molecule has 0 aromatic heterocycles. The summed E-state index contributed by atoms with van der Waals surface area (Å²) < 4.78 is 11.9. The standard InChI is InChI=1S/C18H40N2O2/c1-7-11-19(12-8-2)17(5)21-15-16-22-18(6)20(13-9-3)14-10-4/h17-18H,7-16H2,1-6H3. The third kappa shape index (κ3) is 9.78. The van der Waals surface area contributed by atoms with Crippen molar-refractivity contribution in [2.75, 3.05) is 39.4 Å². The van der Waals surface area contributed by atoms with E-state index in [1.807, 2.05) is 0 Å². The van der Waals surface area contributed by atoms with Gasteiger partial charge in [-0.2, -0.15) is 0 Å². The van der Waals surface area contributed by atoms with Gasteiger partial charge in [-0.05, 0) is 39.5 Å². The van der Waals surface area contributed by atoms with Gasteiger partial charge in [0.15, 0.2) is 0 Å². The Bertz CT molecular complexity index is 203. The zero-order chi connectivity index (χ0) is 16.8. The first-order chi connectivity index (χ1) is 10.6. The second-order valence-corrected chi connectivity index (χ2v) is 6.01. The number of ether oxygens (including phenoxy) is 2. The summed E-state index contributed by atoms with van der Waals surface area (Å²) in [5.41, 5.74) is 0. The molecule has 0 heterocycles. The topological polar surface area (TPSA) is 24.9 Å². The van der Waals surface area contributed by atoms with Gasteiger partial charge in [-0.1, -0.05) is 27.7 Å². The van der Waals surface area contributed by atoms with Crippen LogP contribution in [0.5, 0.6) is 0 Å². The molecule has 0 aliphatic rings. The molecule has 2 atom stereocenters. The van der Waals surface area contributed by atoms with Crippen LogP contribution in [0.25, 0.3) is 0 Å². The fourth-order valence-corrected chi connectivity index (χ4v) is 2.75. The Morgan fingerprint density at radius 1 is 0.591 bits per heavy atom. The molecule has 0 radical (unpaired) electrons. The Balaban J connectivity index is 3.97. The van der Waals surface area contributed by atoms with Gasteiger partial charge >= 0.3 is 0 Å². The van der Waals surface area contributed by atoms with Crippen LogP contribution in [-0.4, -0.2) is 61.6 Å². The van der Waals surface area contributed by atoms with Crippen molar-refractivity contribution in [2.24, 2.45) is 0 Å². The normalized spacial score (nSPS) is 14.7. The van der Waals surface area contributed by atoms with Crippen molar-refractivity contribution in [1.29, 1.82) is 0 Å². The highest BCUT2D eigenvalue weighted by molar-refractivity contribution is 4.60. The average molecular weight is 317 g/mol. The predicted octanol–water partition coefficient (Wildman–Crippen LogP) is 3.96. The summed E-state index contributed by atoms with van der Waals surface area (Å²) >= 11 is 0. The zero-order valence-corrected chi connectivity index (χ0v) is 15.9. The van der Waals surface area contributed by atoms with Gasteiger partial charge in [0.05, 0.1) is 13.2 Å². The SMILES string of the molecule is CCCN(CCC)C(C)OCCOC(C)N(CCC)CCC. The van der Waals surface area contributed by atoms with Gasteiger partial charge in [0, 0.05) is 26.2 Å². The summed E-state index contributed by atoms with van der Waals surface area (Å²) in [4.78, 5) is 4.81. The van der Waals surface area contributed by atoms with E-state index in [0.717, 1.165) is 26.2 Å². The third-order valence-corrected chi connectivity index (χ3v) is 3.87. The molecule has 0 rings (SSSR count). The second-order valence-electron chi connectivity index (χ2n) is 6.01. The van der Waals surface area contributed by atoms with E-state index >= 15 is 0 Å². The van der Waals surface area contributed by atoms with Crippen molar-refractivity contribution in [2.45, 2.75) is 79.7 Å². The molecule has 2 unspecified atom stereocenters. The van der Waals surface area contributed by atoms with Crippen molar-refractivity contribution in [3.63, 3.8) is 0 Å². The molecule has 0 fully saturated rings. The summed E-state index contributed by atoms with van der Waals surface area (Å²) in [5.74, 6) is 0. The molecule has 4 nitrogen and oxygen atoms in total. The van der Waals surface area contributed by atoms with E-state index < -0.39 is 0 Å². The third-order valence-electron chi connectivity index (χ3n) is 3.87. The number of nitrogens with zero attached hydrogens (tertiary/aromatic N) is 2. The van der Waals surface area contributed by atoms with Crippen molar-refractivity contribution >= 4 is 0 Å². The Labute approximate surface area is 139 Å². The smallest absolute Gasteiger partial charge is 0.107 e. The molecule has 0 N–H and O–H groups in total. The van der Waals surface area contributed by atoms with Crippen molar-refractivity contribution in [3.05, 3.63) is 0 Å². The van der Waals surface area contributed by atoms with E-state index in [-0.39, 0.29) is 12.5 Å². The molecule has 4 heteroatoms. The molecule has 0 aliphatic carbocycles. The minimum Gasteiger partial charge on any atom is -0.361 e. The van der Waals surface area contributed by atoms with Crippen molar-refractivity contribution in [1.82, 2.24) is 9.80 Å². The molecule has 0 spiro atoms. The van der Waals surface area contributed by atoms with Crippen LogP contribution in [0, 0.1) is 0 Å². The maximum absolute atomic E-state index is 5.94. The Hall–Kier alpha value is -0.160. The van der Waals surface area contributed by atoms with E-state index in [2.05, 4.69) is 51.3 Å². The van der Waals surface area contributed by atoms with Crippen LogP contribution in [0.4, 0.5) is 0 Å². The Kier molecular flexibility index (Phi) is 14.3. The van der Waals surface area contributed by atoms with E-state index in [1.54, 1.807) is 0 Å². The predicted molar refractivity (Wildman–Crippen MR) is 95.1 cm³/mol. The van der Waals surface area contributed by atoms with E-state index in [1.165, 1.54) is 25.7 Å². The Morgan fingerprint density at radius 3 is 1.09 bits per heavy atom. The first kappa shape index (κ1) is 21.8. The first-order valence-corrected chi connectivity index (χ1v) is 9.31. The van der Waals surface area contributed by atoms with E-state index in [0.29, 0.717) is 13.2 Å². The van der Waals surface area contributed by atoms with Gasteiger partial charge in [0.25, 0.3) is 0 Å². The number of rotatable bonds is 15. The second kappa shape index (κ2) is 14.4. The molecule has 0 bridgehead atoms. The molecule has 22 heavy (non-hydrogen) atoms. The summed E-state index contributed by atoms with van der Waals surface area (Å²) in [6.07, 6.45) is 5.05. The van der Waals surface area contributed by atoms with Gasteiger partial charge in [-0.15, -0.1) is 0 Å². The molecule has 0 amide bonds. The highest BCUT2D eigenvalue weighted by Gasteiger charge is 2.14. The van der Waals surface area contributed by atoms with Crippen LogP contribution in [0.1, 0.15) is 67.2 Å². The monoisotopic (exact) mass is 316 g/mol. The molecule has 0 saturated heterocycles. The molecular weight excluding hydrogens is 276 g/mol. The quantitative estimate of drug-likeness (QED) is 0.337. The largest absolute Gasteiger partial charge is 0.361 e. The van der Waals surface area contributed by atoms with Gasteiger partial charge in [-0.25, -0.2) is 0 Å². The summed E-state index contributed by atoms with van der Waals surface area (Å²) in [6.45, 7) is 18.9. The lowest BCUT2D eigenvalue weighted by atomic mass is 10.3. The molecule has 134 valence electrons. The van der Waals surface area contributed by atoms with Crippen LogP contribution < -0.4 is 0 Å². The van der Waals surface area contributed by atoms with Crippen LogP contribution in [-0.2, 0) is 9.47 Å². The lowest BCUT2D eigenvalue weighted by molar-refractivity contribution is -0.100. The van der Waals surface area contributed by atoms with E-state index in [9.17, 15) is 0 Å². The molecule has 0 aromatic carbocycles. The molecule has 0 aliphatic heterocycles. The number of hydrogen-bond donors (Lipinski definition) is 0. The minimum absolute atomic E-state index is 0.182. The molecule has 0 saturated carbocycles. The number of hydrogen-bond acceptors (Lipinski definition) is 4. The van der Waals surface area contributed by atoms with Crippen LogP contribution in [0.3, 0.4) is 0 Å². The van der Waals surface area contributed by atoms with Crippen molar-refractivity contribution in [3.8, 4) is 0 Å². The lowest BCUT2D eigenvalue weighted by Crippen LogP contribution is -2.39. The van der Waals surface area contributed by atoms with E-state index in [4.69, 9.17) is 9.47 Å². The maximum atomic E-state index is 5.94. The molecular formula is C18H40N2O2. The fourth-order valence-electron chi connectivity index (χ4n) is 2.75. The molecule has 0 aromatic rings. The summed E-state index contributed by atoms with van der Waals surface area (Å²) in [5, 5.41) is 0. The fraction of sp³-hybridized carbons (Fsp3) is 1.00. The minimum atomic E-state index is 0.182. The average Bonchev–Trinajstić information content (AvgIpc) is 2.50. The van der Waals surface area contributed by atoms with Gasteiger partial charge in [0.1, 0.15) is 12.5 Å².